The first kappa shape index (κ1) is 16.7. The van der Waals surface area contributed by atoms with E-state index in [0.29, 0.717) is 31.7 Å². The first-order valence-corrected chi connectivity index (χ1v) is 7.79. The molecule has 122 valence electrons. The lowest BCUT2D eigenvalue weighted by molar-refractivity contribution is -0.153. The Balaban J connectivity index is 2.16. The smallest absolute Gasteiger partial charge is 0.310 e. The topological polar surface area (TPSA) is 49.8 Å². The van der Waals surface area contributed by atoms with Crippen LogP contribution in [0.5, 0.6) is 5.75 Å². The van der Waals surface area contributed by atoms with Crippen molar-refractivity contribution in [1.82, 2.24) is 4.90 Å². The number of hydrogen-bond acceptors (Lipinski definition) is 3. The van der Waals surface area contributed by atoms with Gasteiger partial charge in [0.15, 0.2) is 0 Å². The molecule has 1 atom stereocenters. The first-order valence-electron chi connectivity index (χ1n) is 7.79. The van der Waals surface area contributed by atoms with Crippen molar-refractivity contribution in [3.05, 3.63) is 29.6 Å². The third-order valence-corrected chi connectivity index (χ3v) is 4.47. The Morgan fingerprint density at radius 3 is 2.91 bits per heavy atom. The van der Waals surface area contributed by atoms with Gasteiger partial charge in [0.05, 0.1) is 12.5 Å². The second kappa shape index (κ2) is 7.09. The highest BCUT2D eigenvalue weighted by Crippen LogP contribution is 2.36. The van der Waals surface area contributed by atoms with Crippen molar-refractivity contribution >= 4 is 5.97 Å². The zero-order chi connectivity index (χ0) is 16.2. The summed E-state index contributed by atoms with van der Waals surface area (Å²) in [5.74, 6) is -0.375. The van der Waals surface area contributed by atoms with E-state index in [1.807, 2.05) is 6.92 Å². The van der Waals surface area contributed by atoms with Crippen LogP contribution in [0.3, 0.4) is 0 Å². The van der Waals surface area contributed by atoms with Crippen LogP contribution in [0.2, 0.25) is 0 Å². The van der Waals surface area contributed by atoms with E-state index < -0.39 is 11.4 Å². The molecule has 0 unspecified atom stereocenters. The van der Waals surface area contributed by atoms with E-state index in [2.05, 4.69) is 4.90 Å². The molecule has 1 aliphatic heterocycles. The highest BCUT2D eigenvalue weighted by atomic mass is 19.1. The second-order valence-corrected chi connectivity index (χ2v) is 6.11. The van der Waals surface area contributed by atoms with E-state index >= 15 is 0 Å². The molecule has 4 nitrogen and oxygen atoms in total. The van der Waals surface area contributed by atoms with Crippen molar-refractivity contribution in [3.8, 4) is 5.75 Å². The molecule has 1 aromatic carbocycles. The van der Waals surface area contributed by atoms with Gasteiger partial charge in [-0.3, -0.25) is 9.69 Å². The minimum Gasteiger partial charge on any atom is -0.496 e. The standard InChI is InChI=1S/C17H24FNO3/c1-3-7-17(16(20)21)8-4-9-19(12-17)11-13-10-14(18)5-6-15(13)22-2/h5-6,10H,3-4,7-9,11-12H2,1-2H3,(H,20,21)/t17-/m1/s1. The monoisotopic (exact) mass is 309 g/mol. The Morgan fingerprint density at radius 2 is 2.27 bits per heavy atom. The van der Waals surface area contributed by atoms with Crippen LogP contribution in [0, 0.1) is 11.2 Å². The Bertz CT molecular complexity index is 531. The van der Waals surface area contributed by atoms with Crippen LogP contribution in [0.25, 0.3) is 0 Å². The number of rotatable bonds is 6. The number of carboxylic acid groups (broad SMARTS) is 1. The summed E-state index contributed by atoms with van der Waals surface area (Å²) in [6, 6.07) is 4.46. The predicted octanol–water partition coefficient (Wildman–Crippen LogP) is 3.30. The SMILES string of the molecule is CCC[C@@]1(C(=O)O)CCCN(Cc2cc(F)ccc2OC)C1. The zero-order valence-electron chi connectivity index (χ0n) is 13.3. The molecule has 0 radical (unpaired) electrons. The van der Waals surface area contributed by atoms with Gasteiger partial charge < -0.3 is 9.84 Å². The van der Waals surface area contributed by atoms with Crippen molar-refractivity contribution in [2.75, 3.05) is 20.2 Å². The van der Waals surface area contributed by atoms with Crippen molar-refractivity contribution in [3.63, 3.8) is 0 Å². The van der Waals surface area contributed by atoms with E-state index in [1.54, 1.807) is 13.2 Å². The molecule has 1 N–H and O–H groups in total. The average Bonchev–Trinajstić information content (AvgIpc) is 2.48. The molecular formula is C17H24FNO3. The number of carboxylic acids is 1. The van der Waals surface area contributed by atoms with Crippen LogP contribution in [-0.2, 0) is 11.3 Å². The van der Waals surface area contributed by atoms with E-state index in [9.17, 15) is 14.3 Å². The third kappa shape index (κ3) is 3.58. The van der Waals surface area contributed by atoms with Gasteiger partial charge in [0, 0.05) is 18.7 Å². The zero-order valence-corrected chi connectivity index (χ0v) is 13.3. The highest BCUT2D eigenvalue weighted by molar-refractivity contribution is 5.75. The van der Waals surface area contributed by atoms with Crippen molar-refractivity contribution in [1.29, 1.82) is 0 Å². The maximum atomic E-state index is 13.5. The number of methoxy groups -OCH3 is 1. The fourth-order valence-corrected chi connectivity index (χ4v) is 3.44. The second-order valence-electron chi connectivity index (χ2n) is 6.11. The van der Waals surface area contributed by atoms with Crippen LogP contribution in [0.15, 0.2) is 18.2 Å². The summed E-state index contributed by atoms with van der Waals surface area (Å²) in [4.78, 5) is 13.8. The lowest BCUT2D eigenvalue weighted by atomic mass is 9.76. The van der Waals surface area contributed by atoms with Gasteiger partial charge in [-0.2, -0.15) is 0 Å². The van der Waals surface area contributed by atoms with Gasteiger partial charge in [-0.05, 0) is 44.0 Å². The van der Waals surface area contributed by atoms with Crippen molar-refractivity contribution < 1.29 is 19.0 Å². The fraction of sp³-hybridized carbons (Fsp3) is 0.588. The van der Waals surface area contributed by atoms with Crippen molar-refractivity contribution in [2.24, 2.45) is 5.41 Å². The molecule has 1 fully saturated rings. The number of benzene rings is 1. The number of nitrogens with zero attached hydrogens (tertiary/aromatic N) is 1. The number of likely N-dealkylation sites (tertiary alicyclic amines) is 1. The number of carbonyl (C=O) groups is 1. The molecular weight excluding hydrogens is 285 g/mol. The van der Waals surface area contributed by atoms with Gasteiger partial charge in [0.1, 0.15) is 11.6 Å². The van der Waals surface area contributed by atoms with Gasteiger partial charge in [0.25, 0.3) is 0 Å². The number of piperidine rings is 1. The Labute approximate surface area is 130 Å². The van der Waals surface area contributed by atoms with Crippen LogP contribution >= 0.6 is 0 Å². The van der Waals surface area contributed by atoms with E-state index in [-0.39, 0.29) is 5.82 Å². The quantitative estimate of drug-likeness (QED) is 0.876. The van der Waals surface area contributed by atoms with Crippen molar-refractivity contribution in [2.45, 2.75) is 39.2 Å². The summed E-state index contributed by atoms with van der Waals surface area (Å²) in [5.41, 5.74) is 0.0910. The molecule has 0 aliphatic carbocycles. The predicted molar refractivity (Wildman–Crippen MR) is 82.4 cm³/mol. The summed E-state index contributed by atoms with van der Waals surface area (Å²) < 4.78 is 18.7. The summed E-state index contributed by atoms with van der Waals surface area (Å²) >= 11 is 0. The van der Waals surface area contributed by atoms with Crippen LogP contribution in [0.1, 0.15) is 38.2 Å². The van der Waals surface area contributed by atoms with Gasteiger partial charge in [0.2, 0.25) is 0 Å². The Morgan fingerprint density at radius 1 is 1.50 bits per heavy atom. The highest BCUT2D eigenvalue weighted by Gasteiger charge is 2.41. The Hall–Kier alpha value is -1.62. The molecule has 1 aliphatic rings. The number of aliphatic carboxylic acids is 1. The van der Waals surface area contributed by atoms with E-state index in [1.165, 1.54) is 12.1 Å². The lowest BCUT2D eigenvalue weighted by Crippen LogP contribution is -2.47. The van der Waals surface area contributed by atoms with Crippen LogP contribution in [-0.4, -0.2) is 36.2 Å². The molecule has 22 heavy (non-hydrogen) atoms. The third-order valence-electron chi connectivity index (χ3n) is 4.47. The lowest BCUT2D eigenvalue weighted by Gasteiger charge is -2.40. The van der Waals surface area contributed by atoms with Gasteiger partial charge in [-0.1, -0.05) is 13.3 Å². The van der Waals surface area contributed by atoms with Crippen LogP contribution in [0.4, 0.5) is 4.39 Å². The Kier molecular flexibility index (Phi) is 5.40. The molecule has 5 heteroatoms. The van der Waals surface area contributed by atoms with Gasteiger partial charge in [-0.15, -0.1) is 0 Å². The van der Waals surface area contributed by atoms with E-state index in [0.717, 1.165) is 24.9 Å². The number of halogens is 1. The molecule has 0 saturated carbocycles. The molecule has 0 spiro atoms. The molecule has 1 heterocycles. The molecule has 1 saturated heterocycles. The molecule has 2 rings (SSSR count). The maximum Gasteiger partial charge on any atom is 0.310 e. The first-order chi connectivity index (χ1) is 10.5. The average molecular weight is 309 g/mol. The largest absolute Gasteiger partial charge is 0.496 e. The van der Waals surface area contributed by atoms with Gasteiger partial charge >= 0.3 is 5.97 Å². The summed E-state index contributed by atoms with van der Waals surface area (Å²) in [7, 11) is 1.56. The molecule has 0 bridgehead atoms. The number of hydrogen-bond donors (Lipinski definition) is 1. The minimum atomic E-state index is -0.717. The summed E-state index contributed by atoms with van der Waals surface area (Å²) in [6.45, 7) is 3.87. The molecule has 0 aromatic heterocycles. The maximum absolute atomic E-state index is 13.5. The molecule has 0 amide bonds. The van der Waals surface area contributed by atoms with E-state index in [4.69, 9.17) is 4.74 Å². The van der Waals surface area contributed by atoms with Crippen LogP contribution < -0.4 is 4.74 Å². The normalized spacial score (nSPS) is 22.5. The fourth-order valence-electron chi connectivity index (χ4n) is 3.44. The minimum absolute atomic E-state index is 0.300. The summed E-state index contributed by atoms with van der Waals surface area (Å²) in [5, 5.41) is 9.64. The number of ether oxygens (including phenoxy) is 1. The molecule has 1 aromatic rings. The van der Waals surface area contributed by atoms with Gasteiger partial charge in [-0.25, -0.2) is 4.39 Å². The summed E-state index contributed by atoms with van der Waals surface area (Å²) in [6.07, 6.45) is 3.10.